The molecule has 2 rings (SSSR count). The molecule has 0 aliphatic heterocycles. The lowest BCUT2D eigenvalue weighted by Gasteiger charge is -1.92. The second kappa shape index (κ2) is 2.62. The van der Waals surface area contributed by atoms with Crippen molar-refractivity contribution in [2.75, 3.05) is 0 Å². The molecule has 0 aliphatic carbocycles. The lowest BCUT2D eigenvalue weighted by Crippen LogP contribution is -2.00. The fourth-order valence-electron chi connectivity index (χ4n) is 1.20. The molecule has 4 nitrogen and oxygen atoms in total. The van der Waals surface area contributed by atoms with E-state index >= 15 is 0 Å². The number of carbonyl (C=O) groups is 1. The molecular weight excluding hydrogens is 167 g/mol. The minimum Gasteiger partial charge on any atom is -0.476 e. The average molecular weight is 172 g/mol. The number of fused-ring (bicyclic) bond motifs is 1. The molecule has 0 bridgehead atoms. The number of hydrogen-bond acceptors (Lipinski definition) is 2. The zero-order chi connectivity index (χ0) is 9.42. The van der Waals surface area contributed by atoms with Crippen molar-refractivity contribution in [3.63, 3.8) is 0 Å². The maximum absolute atomic E-state index is 10.6. The normalized spacial score (nSPS) is 10.5. The molecule has 0 unspecified atom stereocenters. The smallest absolute Gasteiger partial charge is 0.357 e. The maximum Gasteiger partial charge on any atom is 0.357 e. The first kappa shape index (κ1) is 7.85. The van der Waals surface area contributed by atoms with Crippen molar-refractivity contribution < 1.29 is 9.90 Å². The van der Waals surface area contributed by atoms with Gasteiger partial charge >= 0.3 is 5.97 Å². The molecular formula is C8H5BN2O2. The van der Waals surface area contributed by atoms with Crippen molar-refractivity contribution in [1.29, 1.82) is 0 Å². The summed E-state index contributed by atoms with van der Waals surface area (Å²) in [6.45, 7) is 0. The van der Waals surface area contributed by atoms with Crippen molar-refractivity contribution in [3.05, 3.63) is 23.9 Å². The largest absolute Gasteiger partial charge is 0.476 e. The number of carboxylic acid groups (broad SMARTS) is 1. The molecule has 0 spiro atoms. The van der Waals surface area contributed by atoms with Crippen LogP contribution in [0.2, 0.25) is 0 Å². The Labute approximate surface area is 75.0 Å². The van der Waals surface area contributed by atoms with Crippen LogP contribution in [-0.4, -0.2) is 29.1 Å². The van der Waals surface area contributed by atoms with E-state index in [1.807, 2.05) is 0 Å². The summed E-state index contributed by atoms with van der Waals surface area (Å²) >= 11 is 0. The number of aromatic nitrogens is 2. The van der Waals surface area contributed by atoms with E-state index < -0.39 is 5.97 Å². The number of benzene rings is 1. The van der Waals surface area contributed by atoms with Crippen LogP contribution in [0.15, 0.2) is 18.2 Å². The number of hydrogen-bond donors (Lipinski definition) is 2. The van der Waals surface area contributed by atoms with Crippen LogP contribution >= 0.6 is 0 Å². The van der Waals surface area contributed by atoms with Gasteiger partial charge in [-0.05, 0) is 6.07 Å². The molecule has 0 atom stereocenters. The van der Waals surface area contributed by atoms with Gasteiger partial charge in [-0.2, -0.15) is 5.10 Å². The lowest BCUT2D eigenvalue weighted by atomic mass is 9.95. The van der Waals surface area contributed by atoms with E-state index in [4.69, 9.17) is 13.0 Å². The molecule has 0 aliphatic rings. The van der Waals surface area contributed by atoms with Gasteiger partial charge < -0.3 is 5.11 Å². The van der Waals surface area contributed by atoms with Gasteiger partial charge in [0, 0.05) is 5.39 Å². The zero-order valence-corrected chi connectivity index (χ0v) is 6.61. The van der Waals surface area contributed by atoms with Gasteiger partial charge in [0.15, 0.2) is 5.69 Å². The Kier molecular flexibility index (Phi) is 1.58. The van der Waals surface area contributed by atoms with E-state index in [2.05, 4.69) is 10.2 Å². The van der Waals surface area contributed by atoms with Gasteiger partial charge in [-0.3, -0.25) is 5.10 Å². The standard InChI is InChI=1S/C8H5BN2O2/c9-4-1-2-5-6(3-4)10-11-7(5)8(12)13/h1-3H,(H,10,11)(H,12,13). The first-order valence-electron chi connectivity index (χ1n) is 3.65. The number of H-pyrrole nitrogens is 1. The summed E-state index contributed by atoms with van der Waals surface area (Å²) in [4.78, 5) is 10.6. The van der Waals surface area contributed by atoms with E-state index in [0.29, 0.717) is 16.4 Å². The third-order valence-electron chi connectivity index (χ3n) is 1.79. The van der Waals surface area contributed by atoms with E-state index in [-0.39, 0.29) is 5.69 Å². The third kappa shape index (κ3) is 1.18. The summed E-state index contributed by atoms with van der Waals surface area (Å²) in [6.07, 6.45) is 0. The summed E-state index contributed by atoms with van der Waals surface area (Å²) in [6, 6.07) is 4.93. The Balaban J connectivity index is 2.76. The summed E-state index contributed by atoms with van der Waals surface area (Å²) < 4.78 is 0. The number of aromatic amines is 1. The number of carboxylic acids is 1. The SMILES string of the molecule is [B]c1ccc2c(C(=O)O)n[nH]c2c1. The second-order valence-electron chi connectivity index (χ2n) is 2.68. The minimum absolute atomic E-state index is 0.0231. The van der Waals surface area contributed by atoms with Gasteiger partial charge in [0.1, 0.15) is 7.85 Å². The minimum atomic E-state index is -1.05. The highest BCUT2D eigenvalue weighted by molar-refractivity contribution is 6.33. The van der Waals surface area contributed by atoms with Crippen LogP contribution in [0.25, 0.3) is 10.9 Å². The van der Waals surface area contributed by atoms with Crippen molar-refractivity contribution in [2.24, 2.45) is 0 Å². The first-order valence-corrected chi connectivity index (χ1v) is 3.65. The molecule has 2 aromatic rings. The van der Waals surface area contributed by atoms with E-state index in [1.165, 1.54) is 0 Å². The van der Waals surface area contributed by atoms with Crippen LogP contribution in [0, 0.1) is 0 Å². The van der Waals surface area contributed by atoms with Crippen LogP contribution in [-0.2, 0) is 0 Å². The molecule has 1 heterocycles. The highest BCUT2D eigenvalue weighted by Crippen LogP contribution is 2.13. The highest BCUT2D eigenvalue weighted by atomic mass is 16.4. The number of aromatic carboxylic acids is 1. The molecule has 1 aromatic heterocycles. The average Bonchev–Trinajstić information content (AvgIpc) is 2.46. The second-order valence-corrected chi connectivity index (χ2v) is 2.68. The molecule has 0 saturated heterocycles. The molecule has 2 N–H and O–H groups in total. The Morgan fingerprint density at radius 2 is 2.31 bits per heavy atom. The third-order valence-corrected chi connectivity index (χ3v) is 1.79. The van der Waals surface area contributed by atoms with Crippen LogP contribution < -0.4 is 5.46 Å². The topological polar surface area (TPSA) is 66.0 Å². The first-order chi connectivity index (χ1) is 6.18. The van der Waals surface area contributed by atoms with E-state index in [9.17, 15) is 4.79 Å². The van der Waals surface area contributed by atoms with Crippen molar-refractivity contribution in [1.82, 2.24) is 10.2 Å². The molecule has 0 saturated carbocycles. The summed E-state index contributed by atoms with van der Waals surface area (Å²) in [5, 5.41) is 15.6. The van der Waals surface area contributed by atoms with E-state index in [1.54, 1.807) is 18.2 Å². The zero-order valence-electron chi connectivity index (χ0n) is 6.61. The van der Waals surface area contributed by atoms with Crippen LogP contribution in [0.5, 0.6) is 0 Å². The monoisotopic (exact) mass is 172 g/mol. The summed E-state index contributed by atoms with van der Waals surface area (Å²) in [5.74, 6) is -1.05. The van der Waals surface area contributed by atoms with Gasteiger partial charge in [-0.1, -0.05) is 17.6 Å². The van der Waals surface area contributed by atoms with Crippen molar-refractivity contribution >= 4 is 30.2 Å². The van der Waals surface area contributed by atoms with Crippen LogP contribution in [0.1, 0.15) is 10.5 Å². The van der Waals surface area contributed by atoms with Gasteiger partial charge in [0.05, 0.1) is 5.52 Å². The fourth-order valence-corrected chi connectivity index (χ4v) is 1.20. The van der Waals surface area contributed by atoms with Crippen molar-refractivity contribution in [2.45, 2.75) is 0 Å². The molecule has 0 amide bonds. The Bertz CT molecular complexity index is 478. The number of rotatable bonds is 1. The van der Waals surface area contributed by atoms with Gasteiger partial charge in [0.2, 0.25) is 0 Å². The molecule has 13 heavy (non-hydrogen) atoms. The number of nitrogens with zero attached hydrogens (tertiary/aromatic N) is 1. The molecule has 0 fully saturated rings. The molecule has 5 heteroatoms. The van der Waals surface area contributed by atoms with E-state index in [0.717, 1.165) is 0 Å². The summed E-state index contributed by atoms with van der Waals surface area (Å²) in [7, 11) is 5.51. The molecule has 2 radical (unpaired) electrons. The molecule has 1 aromatic carbocycles. The number of nitrogens with one attached hydrogen (secondary N) is 1. The predicted molar refractivity (Wildman–Crippen MR) is 48.4 cm³/mol. The van der Waals surface area contributed by atoms with Gasteiger partial charge in [0.25, 0.3) is 0 Å². The quantitative estimate of drug-likeness (QED) is 0.597. The Morgan fingerprint density at radius 3 is 3.00 bits per heavy atom. The van der Waals surface area contributed by atoms with Gasteiger partial charge in [-0.25, -0.2) is 4.79 Å². The lowest BCUT2D eigenvalue weighted by molar-refractivity contribution is 0.0692. The van der Waals surface area contributed by atoms with Crippen LogP contribution in [0.3, 0.4) is 0 Å². The predicted octanol–water partition coefficient (Wildman–Crippen LogP) is 0.0549. The Hall–Kier alpha value is -1.78. The van der Waals surface area contributed by atoms with Crippen molar-refractivity contribution in [3.8, 4) is 0 Å². The Morgan fingerprint density at radius 1 is 1.54 bits per heavy atom. The fraction of sp³-hybridized carbons (Fsp3) is 0. The summed E-state index contributed by atoms with van der Waals surface area (Å²) in [5.41, 5.74) is 1.24. The maximum atomic E-state index is 10.6. The van der Waals surface area contributed by atoms with Gasteiger partial charge in [-0.15, -0.1) is 0 Å². The highest BCUT2D eigenvalue weighted by Gasteiger charge is 2.11. The van der Waals surface area contributed by atoms with Crippen LogP contribution in [0.4, 0.5) is 0 Å². The molecule has 62 valence electrons.